The Kier molecular flexibility index (Phi) is 8.43. The molecule has 0 aromatic heterocycles. The number of ether oxygens (including phenoxy) is 1. The van der Waals surface area contributed by atoms with Crippen molar-refractivity contribution < 1.29 is 17.9 Å². The number of nitrogens with one attached hydrogen (secondary N) is 1. The number of amides is 1. The summed E-state index contributed by atoms with van der Waals surface area (Å²) in [5.41, 5.74) is -0.365. The molecule has 0 atom stereocenters. The second-order valence-electron chi connectivity index (χ2n) is 8.84. The van der Waals surface area contributed by atoms with E-state index >= 15 is 0 Å². The minimum absolute atomic E-state index is 0.00206. The van der Waals surface area contributed by atoms with Gasteiger partial charge in [0, 0.05) is 39.0 Å². The lowest BCUT2D eigenvalue weighted by atomic mass is 10.1. The van der Waals surface area contributed by atoms with Gasteiger partial charge in [-0.2, -0.15) is 5.26 Å². The average Bonchev–Trinajstić information content (AvgIpc) is 2.72. The maximum atomic E-state index is 13.3. The van der Waals surface area contributed by atoms with Gasteiger partial charge in [0.15, 0.2) is 0 Å². The maximum absolute atomic E-state index is 13.3. The lowest BCUT2D eigenvalue weighted by Gasteiger charge is -2.33. The summed E-state index contributed by atoms with van der Waals surface area (Å²) in [4.78, 5) is 15.0. The van der Waals surface area contributed by atoms with E-state index in [2.05, 4.69) is 4.72 Å². The molecule has 7 nitrogen and oxygen atoms in total. The number of carbonyl (C=O) groups excluding carboxylic acids is 1. The van der Waals surface area contributed by atoms with Crippen molar-refractivity contribution in [2.75, 3.05) is 13.1 Å². The van der Waals surface area contributed by atoms with Gasteiger partial charge in [-0.3, -0.25) is 0 Å². The monoisotopic (exact) mass is 541 g/mol. The summed E-state index contributed by atoms with van der Waals surface area (Å²) in [6.45, 7) is 6.15. The van der Waals surface area contributed by atoms with Crippen molar-refractivity contribution in [3.05, 3.63) is 52.0 Å². The molecule has 0 spiro atoms. The fourth-order valence-corrected chi connectivity index (χ4v) is 6.82. The zero-order chi connectivity index (χ0) is 25.1. The number of sulfonamides is 1. The number of benzene rings is 2. The summed E-state index contributed by atoms with van der Waals surface area (Å²) in [7, 11) is -3.95. The van der Waals surface area contributed by atoms with Gasteiger partial charge in [0.2, 0.25) is 10.0 Å². The molecule has 2 aromatic carbocycles. The Hall–Kier alpha value is -1.96. The molecular weight excluding hydrogens is 517 g/mol. The van der Waals surface area contributed by atoms with Crippen LogP contribution in [-0.4, -0.2) is 44.1 Å². The maximum Gasteiger partial charge on any atom is 0.410 e. The van der Waals surface area contributed by atoms with Gasteiger partial charge in [-0.15, -0.1) is 0 Å². The predicted octanol–water partition coefficient (Wildman–Crippen LogP) is 5.69. The molecule has 1 aliphatic rings. The fraction of sp³-hybridized carbons (Fsp3) is 0.391. The molecule has 0 radical (unpaired) electrons. The Morgan fingerprint density at radius 2 is 1.76 bits per heavy atom. The summed E-state index contributed by atoms with van der Waals surface area (Å²) in [6, 6.07) is 11.1. The van der Waals surface area contributed by atoms with E-state index in [4.69, 9.17) is 27.9 Å². The van der Waals surface area contributed by atoms with Crippen LogP contribution in [0, 0.1) is 11.3 Å². The lowest BCUT2D eigenvalue weighted by Crippen LogP contribution is -2.47. The van der Waals surface area contributed by atoms with E-state index in [9.17, 15) is 18.5 Å². The van der Waals surface area contributed by atoms with Crippen molar-refractivity contribution in [2.45, 2.75) is 59.9 Å². The Labute approximate surface area is 214 Å². The molecule has 3 rings (SSSR count). The smallest absolute Gasteiger partial charge is 0.410 e. The van der Waals surface area contributed by atoms with Crippen molar-refractivity contribution in [2.24, 2.45) is 0 Å². The van der Waals surface area contributed by atoms with Crippen LogP contribution in [0.3, 0.4) is 0 Å². The van der Waals surface area contributed by atoms with Gasteiger partial charge in [0.1, 0.15) is 5.60 Å². The van der Waals surface area contributed by atoms with Gasteiger partial charge >= 0.3 is 6.09 Å². The van der Waals surface area contributed by atoms with Crippen molar-refractivity contribution in [3.63, 3.8) is 0 Å². The third-order valence-electron chi connectivity index (χ3n) is 4.89. The zero-order valence-electron chi connectivity index (χ0n) is 19.0. The van der Waals surface area contributed by atoms with E-state index in [0.717, 1.165) is 0 Å². The third-order valence-corrected chi connectivity index (χ3v) is 8.07. The van der Waals surface area contributed by atoms with Crippen LogP contribution in [0.4, 0.5) is 4.79 Å². The molecule has 1 saturated heterocycles. The van der Waals surface area contributed by atoms with Gasteiger partial charge in [-0.25, -0.2) is 17.9 Å². The number of hydrogen-bond acceptors (Lipinski definition) is 6. The average molecular weight is 543 g/mol. The molecule has 0 unspecified atom stereocenters. The van der Waals surface area contributed by atoms with E-state index < -0.39 is 21.7 Å². The Balaban J connectivity index is 1.77. The second-order valence-corrected chi connectivity index (χ2v) is 12.5. The molecule has 182 valence electrons. The largest absolute Gasteiger partial charge is 0.444 e. The first-order valence-electron chi connectivity index (χ1n) is 10.5. The summed E-state index contributed by atoms with van der Waals surface area (Å²) < 4.78 is 34.8. The van der Waals surface area contributed by atoms with Gasteiger partial charge in [0.25, 0.3) is 0 Å². The summed E-state index contributed by atoms with van der Waals surface area (Å²) in [5.74, 6) is 0. The first-order valence-corrected chi connectivity index (χ1v) is 13.6. The molecule has 1 N–H and O–H groups in total. The number of hydrogen-bond donors (Lipinski definition) is 1. The Morgan fingerprint density at radius 3 is 2.32 bits per heavy atom. The minimum atomic E-state index is -3.95. The van der Waals surface area contributed by atoms with Crippen LogP contribution in [0.25, 0.3) is 0 Å². The highest BCUT2D eigenvalue weighted by Gasteiger charge is 2.30. The normalized spacial score (nSPS) is 15.1. The van der Waals surface area contributed by atoms with Crippen molar-refractivity contribution in [3.8, 4) is 6.07 Å². The predicted molar refractivity (Wildman–Crippen MR) is 133 cm³/mol. The van der Waals surface area contributed by atoms with E-state index in [-0.39, 0.29) is 16.5 Å². The molecule has 0 aliphatic carbocycles. The summed E-state index contributed by atoms with van der Waals surface area (Å²) in [6.07, 6.45) is 0.486. The number of likely N-dealkylation sites (tertiary alicyclic amines) is 1. The van der Waals surface area contributed by atoms with Crippen LogP contribution >= 0.6 is 35.0 Å². The van der Waals surface area contributed by atoms with E-state index in [0.29, 0.717) is 45.8 Å². The van der Waals surface area contributed by atoms with Gasteiger partial charge in [-0.05, 0) is 70.0 Å². The quantitative estimate of drug-likeness (QED) is 0.521. The van der Waals surface area contributed by atoms with E-state index in [1.54, 1.807) is 56.0 Å². The molecule has 2 aromatic rings. The Morgan fingerprint density at radius 1 is 1.15 bits per heavy atom. The molecule has 34 heavy (non-hydrogen) atoms. The van der Waals surface area contributed by atoms with Crippen LogP contribution in [-0.2, 0) is 14.8 Å². The second kappa shape index (κ2) is 10.8. The van der Waals surface area contributed by atoms with Crippen LogP contribution in [0.15, 0.2) is 51.1 Å². The molecule has 1 heterocycles. The highest BCUT2D eigenvalue weighted by atomic mass is 35.5. The van der Waals surface area contributed by atoms with Crippen LogP contribution in [0.5, 0.6) is 0 Å². The highest BCUT2D eigenvalue weighted by Crippen LogP contribution is 2.36. The molecule has 1 amide bonds. The molecular formula is C23H25Cl2N3O4S2. The van der Waals surface area contributed by atoms with E-state index in [1.807, 2.05) is 6.07 Å². The zero-order valence-corrected chi connectivity index (χ0v) is 22.1. The molecule has 1 aliphatic heterocycles. The molecule has 1 fully saturated rings. The fourth-order valence-electron chi connectivity index (χ4n) is 3.38. The van der Waals surface area contributed by atoms with Crippen LogP contribution in [0.2, 0.25) is 10.0 Å². The number of nitriles is 1. The summed E-state index contributed by atoms with van der Waals surface area (Å²) in [5, 5.41) is 10.2. The first kappa shape index (κ1) is 26.6. The first-order chi connectivity index (χ1) is 15.9. The van der Waals surface area contributed by atoms with Crippen molar-refractivity contribution in [1.82, 2.24) is 9.62 Å². The van der Waals surface area contributed by atoms with Gasteiger partial charge < -0.3 is 9.64 Å². The van der Waals surface area contributed by atoms with Crippen LogP contribution < -0.4 is 4.72 Å². The lowest BCUT2D eigenvalue weighted by molar-refractivity contribution is 0.0203. The topological polar surface area (TPSA) is 99.5 Å². The van der Waals surface area contributed by atoms with Gasteiger partial charge in [0.05, 0.1) is 16.5 Å². The number of halogens is 2. The third kappa shape index (κ3) is 7.27. The van der Waals surface area contributed by atoms with Crippen molar-refractivity contribution in [1.29, 1.82) is 5.26 Å². The summed E-state index contributed by atoms with van der Waals surface area (Å²) >= 11 is 13.4. The number of nitrogens with zero attached hydrogens (tertiary/aromatic N) is 2. The number of piperidine rings is 1. The SMILES string of the molecule is CC(C)(C)OC(=O)N1CCC(NS(=O)(=O)c2cc(C#N)ccc2Sc2cc(Cl)cc(Cl)c2)CC1. The van der Waals surface area contributed by atoms with Gasteiger partial charge in [-0.1, -0.05) is 35.0 Å². The number of rotatable bonds is 5. The Bertz CT molecular complexity index is 1200. The molecule has 0 bridgehead atoms. The van der Waals surface area contributed by atoms with Crippen molar-refractivity contribution >= 4 is 51.1 Å². The number of carbonyl (C=O) groups is 1. The highest BCUT2D eigenvalue weighted by molar-refractivity contribution is 8.00. The van der Waals surface area contributed by atoms with E-state index in [1.165, 1.54) is 17.8 Å². The van der Waals surface area contributed by atoms with Crippen LogP contribution in [0.1, 0.15) is 39.2 Å². The molecule has 11 heteroatoms. The molecule has 0 saturated carbocycles. The minimum Gasteiger partial charge on any atom is -0.444 e. The standard InChI is InChI=1S/C23H25Cl2N3O4S2/c1-23(2,3)32-22(29)28-8-6-18(7-9-28)27-34(30,31)21-10-15(14-26)4-5-20(21)33-19-12-16(24)11-17(25)13-19/h4-5,10-13,18,27H,6-9H2,1-3H3.